The molecule has 126 valence electrons. The quantitative estimate of drug-likeness (QED) is 0.782. The molecule has 0 N–H and O–H groups in total. The van der Waals surface area contributed by atoms with Gasteiger partial charge in [-0.1, -0.05) is 12.1 Å². The number of benzene rings is 1. The van der Waals surface area contributed by atoms with Crippen LogP contribution in [0.5, 0.6) is 0 Å². The van der Waals surface area contributed by atoms with Crippen molar-refractivity contribution in [2.75, 3.05) is 6.54 Å². The van der Waals surface area contributed by atoms with E-state index in [1.54, 1.807) is 11.3 Å². The molecule has 1 aromatic heterocycles. The molecule has 2 atom stereocenters. The summed E-state index contributed by atoms with van der Waals surface area (Å²) in [5.74, 6) is 0.113. The minimum absolute atomic E-state index is 0.0589. The second kappa shape index (κ2) is 5.62. The van der Waals surface area contributed by atoms with E-state index in [1.807, 2.05) is 4.90 Å². The van der Waals surface area contributed by atoms with Crippen molar-refractivity contribution in [1.82, 2.24) is 4.90 Å². The van der Waals surface area contributed by atoms with Crippen LogP contribution in [0.1, 0.15) is 33.9 Å². The summed E-state index contributed by atoms with van der Waals surface area (Å²) in [5, 5.41) is 2.06. The van der Waals surface area contributed by atoms with Gasteiger partial charge in [-0.15, -0.1) is 11.3 Å². The van der Waals surface area contributed by atoms with Crippen LogP contribution in [0.15, 0.2) is 35.7 Å². The molecule has 2 aliphatic rings. The van der Waals surface area contributed by atoms with Gasteiger partial charge in [0.05, 0.1) is 5.56 Å². The standard InChI is InChI=1S/C18H16F3NOS/c19-18(20,21)13-3-1-11(2-4-13)14-9-15(14)17(23)22-7-5-16-12(10-22)6-8-24-16/h1-4,6,8,14-15H,5,7,9-10H2. The maximum atomic E-state index is 12.7. The van der Waals surface area contributed by atoms with Crippen molar-refractivity contribution in [2.45, 2.75) is 31.5 Å². The van der Waals surface area contributed by atoms with Crippen LogP contribution in [0.25, 0.3) is 0 Å². The molecule has 0 saturated heterocycles. The zero-order valence-electron chi connectivity index (χ0n) is 12.8. The number of carbonyl (C=O) groups is 1. The number of hydrogen-bond acceptors (Lipinski definition) is 2. The Morgan fingerprint density at radius 2 is 1.92 bits per heavy atom. The number of halogens is 3. The van der Waals surface area contributed by atoms with Crippen LogP contribution >= 0.6 is 11.3 Å². The minimum atomic E-state index is -4.32. The van der Waals surface area contributed by atoms with Crippen molar-refractivity contribution < 1.29 is 18.0 Å². The fourth-order valence-corrected chi connectivity index (χ4v) is 4.32. The molecule has 1 aliphatic carbocycles. The fourth-order valence-electron chi connectivity index (χ4n) is 3.43. The second-order valence-electron chi connectivity index (χ2n) is 6.45. The van der Waals surface area contributed by atoms with Gasteiger partial charge in [-0.05, 0) is 53.5 Å². The average Bonchev–Trinajstić information content (AvgIpc) is 3.22. The Kier molecular flexibility index (Phi) is 3.67. The van der Waals surface area contributed by atoms with E-state index in [-0.39, 0.29) is 17.7 Å². The van der Waals surface area contributed by atoms with Gasteiger partial charge in [-0.2, -0.15) is 13.2 Å². The number of fused-ring (bicyclic) bond motifs is 1. The summed E-state index contributed by atoms with van der Waals surface area (Å²) in [6.07, 6.45) is -2.68. The third-order valence-electron chi connectivity index (χ3n) is 4.89. The number of thiophene rings is 1. The highest BCUT2D eigenvalue weighted by Crippen LogP contribution is 2.49. The molecule has 0 radical (unpaired) electrons. The lowest BCUT2D eigenvalue weighted by atomic mass is 10.0. The van der Waals surface area contributed by atoms with Gasteiger partial charge in [-0.25, -0.2) is 0 Å². The summed E-state index contributed by atoms with van der Waals surface area (Å²) in [6.45, 7) is 1.40. The molecule has 1 fully saturated rings. The molecule has 1 aromatic carbocycles. The van der Waals surface area contributed by atoms with Crippen LogP contribution in [0.3, 0.4) is 0 Å². The number of nitrogens with zero attached hydrogens (tertiary/aromatic N) is 1. The van der Waals surface area contributed by atoms with E-state index in [1.165, 1.54) is 22.6 Å². The largest absolute Gasteiger partial charge is 0.416 e. The Hall–Kier alpha value is -1.82. The monoisotopic (exact) mass is 351 g/mol. The molecule has 1 aliphatic heterocycles. The molecule has 1 saturated carbocycles. The summed E-state index contributed by atoms with van der Waals surface area (Å²) in [6, 6.07) is 7.29. The molecule has 2 aromatic rings. The van der Waals surface area contributed by atoms with Gasteiger partial charge >= 0.3 is 6.18 Å². The first-order chi connectivity index (χ1) is 11.4. The molecule has 2 heterocycles. The van der Waals surface area contributed by atoms with Gasteiger partial charge in [0.1, 0.15) is 0 Å². The Bertz CT molecular complexity index is 765. The van der Waals surface area contributed by atoms with Crippen LogP contribution in [0.2, 0.25) is 0 Å². The Morgan fingerprint density at radius 3 is 2.62 bits per heavy atom. The van der Waals surface area contributed by atoms with Crippen molar-refractivity contribution in [2.24, 2.45) is 5.92 Å². The zero-order valence-corrected chi connectivity index (χ0v) is 13.7. The fraction of sp³-hybridized carbons (Fsp3) is 0.389. The summed E-state index contributed by atoms with van der Waals surface area (Å²) in [4.78, 5) is 15.9. The number of carbonyl (C=O) groups excluding carboxylic acids is 1. The van der Waals surface area contributed by atoms with E-state index in [9.17, 15) is 18.0 Å². The lowest BCUT2D eigenvalue weighted by molar-refractivity contribution is -0.137. The predicted molar refractivity (Wildman–Crippen MR) is 85.7 cm³/mol. The maximum absolute atomic E-state index is 12.7. The van der Waals surface area contributed by atoms with Crippen molar-refractivity contribution in [3.8, 4) is 0 Å². The summed E-state index contributed by atoms with van der Waals surface area (Å²) < 4.78 is 37.9. The lowest BCUT2D eigenvalue weighted by Gasteiger charge is -2.27. The van der Waals surface area contributed by atoms with Gasteiger partial charge in [-0.3, -0.25) is 4.79 Å². The lowest BCUT2D eigenvalue weighted by Crippen LogP contribution is -2.36. The van der Waals surface area contributed by atoms with Crippen LogP contribution in [-0.4, -0.2) is 17.4 Å². The molecule has 0 bridgehead atoms. The Morgan fingerprint density at radius 1 is 1.17 bits per heavy atom. The zero-order chi connectivity index (χ0) is 16.9. The molecule has 1 amide bonds. The Balaban J connectivity index is 1.42. The van der Waals surface area contributed by atoms with E-state index in [0.717, 1.165) is 37.1 Å². The number of rotatable bonds is 2. The van der Waals surface area contributed by atoms with E-state index in [4.69, 9.17) is 0 Å². The normalized spacial score (nSPS) is 23.0. The van der Waals surface area contributed by atoms with E-state index < -0.39 is 11.7 Å². The van der Waals surface area contributed by atoms with Crippen molar-refractivity contribution in [3.05, 3.63) is 57.3 Å². The first-order valence-corrected chi connectivity index (χ1v) is 8.82. The molecular formula is C18H16F3NOS. The van der Waals surface area contributed by atoms with E-state index >= 15 is 0 Å². The van der Waals surface area contributed by atoms with Gasteiger partial charge < -0.3 is 4.90 Å². The highest BCUT2D eigenvalue weighted by atomic mass is 32.1. The van der Waals surface area contributed by atoms with Gasteiger partial charge in [0, 0.05) is 23.9 Å². The minimum Gasteiger partial charge on any atom is -0.338 e. The van der Waals surface area contributed by atoms with Crippen LogP contribution < -0.4 is 0 Å². The molecule has 0 spiro atoms. The average molecular weight is 351 g/mol. The first-order valence-electron chi connectivity index (χ1n) is 7.94. The number of amides is 1. The molecule has 24 heavy (non-hydrogen) atoms. The second-order valence-corrected chi connectivity index (χ2v) is 7.45. The summed E-state index contributed by atoms with van der Waals surface area (Å²) >= 11 is 1.73. The highest BCUT2D eigenvalue weighted by molar-refractivity contribution is 7.10. The number of alkyl halides is 3. The number of hydrogen-bond donors (Lipinski definition) is 0. The van der Waals surface area contributed by atoms with E-state index in [0.29, 0.717) is 6.54 Å². The third-order valence-corrected chi connectivity index (χ3v) is 5.92. The molecule has 2 unspecified atom stereocenters. The van der Waals surface area contributed by atoms with E-state index in [2.05, 4.69) is 11.4 Å². The first kappa shape index (κ1) is 15.7. The molecular weight excluding hydrogens is 335 g/mol. The summed E-state index contributed by atoms with van der Waals surface area (Å²) in [7, 11) is 0. The van der Waals surface area contributed by atoms with Crippen LogP contribution in [0, 0.1) is 5.92 Å². The molecule has 6 heteroatoms. The topological polar surface area (TPSA) is 20.3 Å². The molecule has 4 rings (SSSR count). The highest BCUT2D eigenvalue weighted by Gasteiger charge is 2.46. The predicted octanol–water partition coefficient (Wildman–Crippen LogP) is 4.46. The van der Waals surface area contributed by atoms with Gasteiger partial charge in [0.2, 0.25) is 5.91 Å². The van der Waals surface area contributed by atoms with Gasteiger partial charge in [0.15, 0.2) is 0 Å². The maximum Gasteiger partial charge on any atom is 0.416 e. The third kappa shape index (κ3) is 2.83. The molecule has 2 nitrogen and oxygen atoms in total. The Labute approximate surface area is 141 Å². The summed E-state index contributed by atoms with van der Waals surface area (Å²) in [5.41, 5.74) is 1.41. The van der Waals surface area contributed by atoms with Crippen LogP contribution in [0.4, 0.5) is 13.2 Å². The van der Waals surface area contributed by atoms with Crippen molar-refractivity contribution >= 4 is 17.2 Å². The smallest absolute Gasteiger partial charge is 0.338 e. The SMILES string of the molecule is O=C(C1CC1c1ccc(C(F)(F)F)cc1)N1CCc2sccc2C1. The van der Waals surface area contributed by atoms with Crippen molar-refractivity contribution in [3.63, 3.8) is 0 Å². The van der Waals surface area contributed by atoms with Gasteiger partial charge in [0.25, 0.3) is 0 Å². The van der Waals surface area contributed by atoms with Crippen molar-refractivity contribution in [1.29, 1.82) is 0 Å². The van der Waals surface area contributed by atoms with Crippen LogP contribution in [-0.2, 0) is 23.9 Å².